The summed E-state index contributed by atoms with van der Waals surface area (Å²) in [5.74, 6) is 0.650. The molecule has 0 bridgehead atoms. The van der Waals surface area contributed by atoms with Gasteiger partial charge in [-0.1, -0.05) is 50.6 Å². The number of carbonyl (C=O) groups is 2. The predicted octanol–water partition coefficient (Wildman–Crippen LogP) is 4.79. The SMILES string of the molecule is CCCCOc1ccc(C(=O)CCN2CCN(CCOC(=O)C(CC)c3ccccc3)CC2)cc1. The first kappa shape index (κ1) is 26.9. The molecule has 1 unspecified atom stereocenters. The van der Waals surface area contributed by atoms with Crippen molar-refractivity contribution in [2.45, 2.75) is 45.4 Å². The molecule has 1 atom stereocenters. The van der Waals surface area contributed by atoms with Gasteiger partial charge in [0, 0.05) is 51.3 Å². The molecule has 0 N–H and O–H groups in total. The Morgan fingerprint density at radius 3 is 2.14 bits per heavy atom. The summed E-state index contributed by atoms with van der Waals surface area (Å²) in [6.07, 6.45) is 3.39. The van der Waals surface area contributed by atoms with Crippen LogP contribution in [-0.4, -0.2) is 74.0 Å². The average molecular weight is 481 g/mol. The van der Waals surface area contributed by atoms with Crippen LogP contribution in [0.25, 0.3) is 0 Å². The van der Waals surface area contributed by atoms with Gasteiger partial charge in [0.25, 0.3) is 0 Å². The number of unbranched alkanes of at least 4 members (excludes halogenated alkanes) is 1. The zero-order valence-electron chi connectivity index (χ0n) is 21.3. The molecule has 0 saturated carbocycles. The van der Waals surface area contributed by atoms with Gasteiger partial charge < -0.3 is 14.4 Å². The van der Waals surface area contributed by atoms with E-state index in [4.69, 9.17) is 9.47 Å². The second-order valence-corrected chi connectivity index (χ2v) is 9.12. The molecule has 1 heterocycles. The number of esters is 1. The maximum absolute atomic E-state index is 12.6. The number of hydrogen-bond donors (Lipinski definition) is 0. The van der Waals surface area contributed by atoms with Crippen LogP contribution in [-0.2, 0) is 9.53 Å². The summed E-state index contributed by atoms with van der Waals surface area (Å²) in [6.45, 7) is 10.5. The zero-order valence-corrected chi connectivity index (χ0v) is 21.3. The third-order valence-electron chi connectivity index (χ3n) is 6.61. The highest BCUT2D eigenvalue weighted by molar-refractivity contribution is 5.96. The smallest absolute Gasteiger partial charge is 0.313 e. The lowest BCUT2D eigenvalue weighted by atomic mass is 9.97. The monoisotopic (exact) mass is 480 g/mol. The number of ketones is 1. The van der Waals surface area contributed by atoms with E-state index in [0.717, 1.165) is 75.4 Å². The molecule has 3 rings (SSSR count). The summed E-state index contributed by atoms with van der Waals surface area (Å²) in [5, 5.41) is 0. The van der Waals surface area contributed by atoms with Crippen molar-refractivity contribution in [3.8, 4) is 5.75 Å². The molecule has 35 heavy (non-hydrogen) atoms. The third kappa shape index (κ3) is 8.79. The van der Waals surface area contributed by atoms with Crippen molar-refractivity contribution in [1.82, 2.24) is 9.80 Å². The molecule has 0 spiro atoms. The van der Waals surface area contributed by atoms with Gasteiger partial charge in [0.1, 0.15) is 12.4 Å². The minimum Gasteiger partial charge on any atom is -0.494 e. The molecule has 2 aromatic carbocycles. The van der Waals surface area contributed by atoms with Crippen molar-refractivity contribution < 1.29 is 19.1 Å². The number of nitrogens with zero attached hydrogens (tertiary/aromatic N) is 2. The number of benzene rings is 2. The maximum atomic E-state index is 12.6. The molecular formula is C29H40N2O4. The zero-order chi connectivity index (χ0) is 24.9. The highest BCUT2D eigenvalue weighted by atomic mass is 16.5. The van der Waals surface area contributed by atoms with Crippen LogP contribution < -0.4 is 4.74 Å². The van der Waals surface area contributed by atoms with Gasteiger partial charge in [-0.15, -0.1) is 0 Å². The minimum absolute atomic E-state index is 0.142. The average Bonchev–Trinajstić information content (AvgIpc) is 2.89. The van der Waals surface area contributed by atoms with Crippen LogP contribution in [0.4, 0.5) is 0 Å². The number of hydrogen-bond acceptors (Lipinski definition) is 6. The first-order valence-corrected chi connectivity index (χ1v) is 13.0. The first-order chi connectivity index (χ1) is 17.1. The Morgan fingerprint density at radius 2 is 1.51 bits per heavy atom. The van der Waals surface area contributed by atoms with Gasteiger partial charge in [0.05, 0.1) is 12.5 Å². The molecule has 190 valence electrons. The molecule has 1 saturated heterocycles. The van der Waals surface area contributed by atoms with Crippen LogP contribution in [0.2, 0.25) is 0 Å². The number of piperazine rings is 1. The van der Waals surface area contributed by atoms with Crippen LogP contribution >= 0.6 is 0 Å². The Labute approximate surface area is 210 Å². The van der Waals surface area contributed by atoms with Crippen LogP contribution in [0, 0.1) is 0 Å². The van der Waals surface area contributed by atoms with E-state index < -0.39 is 0 Å². The second kappa shape index (κ2) is 14.6. The molecule has 0 radical (unpaired) electrons. The Balaban J connectivity index is 1.31. The van der Waals surface area contributed by atoms with Gasteiger partial charge in [-0.25, -0.2) is 0 Å². The van der Waals surface area contributed by atoms with Crippen molar-refractivity contribution in [3.05, 3.63) is 65.7 Å². The lowest BCUT2D eigenvalue weighted by Gasteiger charge is -2.34. The van der Waals surface area contributed by atoms with E-state index in [1.807, 2.05) is 61.5 Å². The quantitative estimate of drug-likeness (QED) is 0.220. The summed E-state index contributed by atoms with van der Waals surface area (Å²) in [7, 11) is 0. The molecule has 2 aromatic rings. The Morgan fingerprint density at radius 1 is 0.857 bits per heavy atom. The lowest BCUT2D eigenvalue weighted by Crippen LogP contribution is -2.47. The summed E-state index contributed by atoms with van der Waals surface area (Å²) in [4.78, 5) is 29.8. The van der Waals surface area contributed by atoms with Crippen LogP contribution in [0.5, 0.6) is 5.75 Å². The number of rotatable bonds is 14. The van der Waals surface area contributed by atoms with Crippen LogP contribution in [0.3, 0.4) is 0 Å². The number of ether oxygens (including phenoxy) is 2. The van der Waals surface area contributed by atoms with E-state index in [9.17, 15) is 9.59 Å². The fraction of sp³-hybridized carbons (Fsp3) is 0.517. The molecule has 0 aromatic heterocycles. The van der Waals surface area contributed by atoms with E-state index in [2.05, 4.69) is 16.7 Å². The van der Waals surface area contributed by atoms with Crippen molar-refractivity contribution >= 4 is 11.8 Å². The lowest BCUT2D eigenvalue weighted by molar-refractivity contribution is -0.146. The fourth-order valence-electron chi connectivity index (χ4n) is 4.31. The molecule has 1 aliphatic rings. The minimum atomic E-state index is -0.199. The topological polar surface area (TPSA) is 59.1 Å². The number of carbonyl (C=O) groups excluding carboxylic acids is 2. The van der Waals surface area contributed by atoms with Crippen molar-refractivity contribution in [2.75, 3.05) is 52.5 Å². The van der Waals surface area contributed by atoms with Gasteiger partial charge in [0.15, 0.2) is 5.78 Å². The van der Waals surface area contributed by atoms with Crippen LogP contribution in [0.15, 0.2) is 54.6 Å². The summed E-state index contributed by atoms with van der Waals surface area (Å²) >= 11 is 0. The summed E-state index contributed by atoms with van der Waals surface area (Å²) in [5.41, 5.74) is 1.76. The second-order valence-electron chi connectivity index (χ2n) is 9.12. The van der Waals surface area contributed by atoms with E-state index in [0.29, 0.717) is 19.6 Å². The Hall–Kier alpha value is -2.70. The van der Waals surface area contributed by atoms with E-state index >= 15 is 0 Å². The van der Waals surface area contributed by atoms with Gasteiger partial charge in [-0.2, -0.15) is 0 Å². The van der Waals surface area contributed by atoms with E-state index in [-0.39, 0.29) is 17.7 Å². The molecule has 6 heteroatoms. The van der Waals surface area contributed by atoms with Crippen LogP contribution in [0.1, 0.15) is 61.4 Å². The Kier molecular flexibility index (Phi) is 11.3. The van der Waals surface area contributed by atoms with Crippen molar-refractivity contribution in [3.63, 3.8) is 0 Å². The van der Waals surface area contributed by atoms with Gasteiger partial charge in [-0.05, 0) is 42.7 Å². The molecular weight excluding hydrogens is 440 g/mol. The third-order valence-corrected chi connectivity index (χ3v) is 6.61. The highest BCUT2D eigenvalue weighted by Gasteiger charge is 2.21. The molecule has 0 aliphatic carbocycles. The van der Waals surface area contributed by atoms with Crippen molar-refractivity contribution in [2.24, 2.45) is 0 Å². The van der Waals surface area contributed by atoms with Gasteiger partial charge in [-0.3, -0.25) is 14.5 Å². The largest absolute Gasteiger partial charge is 0.494 e. The van der Waals surface area contributed by atoms with Gasteiger partial charge >= 0.3 is 5.97 Å². The summed E-state index contributed by atoms with van der Waals surface area (Å²) in [6, 6.07) is 17.3. The standard InChI is InChI=1S/C29H40N2O4/c1-3-5-22-34-26-13-11-25(12-14-26)28(32)15-16-30-17-19-31(20-18-30)21-23-35-29(33)27(4-2)24-9-7-6-8-10-24/h6-14,27H,3-5,15-23H2,1-2H3. The summed E-state index contributed by atoms with van der Waals surface area (Å²) < 4.78 is 11.3. The van der Waals surface area contributed by atoms with E-state index in [1.165, 1.54) is 0 Å². The fourth-order valence-corrected chi connectivity index (χ4v) is 4.31. The molecule has 0 amide bonds. The Bertz CT molecular complexity index is 893. The van der Waals surface area contributed by atoms with E-state index in [1.54, 1.807) is 0 Å². The predicted molar refractivity (Wildman–Crippen MR) is 139 cm³/mol. The normalized spacial score (nSPS) is 15.5. The molecule has 6 nitrogen and oxygen atoms in total. The highest BCUT2D eigenvalue weighted by Crippen LogP contribution is 2.20. The van der Waals surface area contributed by atoms with Crippen molar-refractivity contribution in [1.29, 1.82) is 0 Å². The molecule has 1 fully saturated rings. The number of Topliss-reactive ketones (excluding diaryl/α,β-unsaturated/α-hetero) is 1. The van der Waals surface area contributed by atoms with Gasteiger partial charge in [0.2, 0.25) is 0 Å². The first-order valence-electron chi connectivity index (χ1n) is 13.0. The molecule has 1 aliphatic heterocycles. The maximum Gasteiger partial charge on any atom is 0.313 e.